The fourth-order valence-corrected chi connectivity index (χ4v) is 2.57. The molecule has 7 heteroatoms. The van der Waals surface area contributed by atoms with Gasteiger partial charge in [0.25, 0.3) is 0 Å². The van der Waals surface area contributed by atoms with Crippen molar-refractivity contribution in [3.8, 4) is 0 Å². The summed E-state index contributed by atoms with van der Waals surface area (Å²) in [6.45, 7) is 4.07. The van der Waals surface area contributed by atoms with Crippen LogP contribution in [0.2, 0.25) is 0 Å². The molecule has 1 unspecified atom stereocenters. The van der Waals surface area contributed by atoms with Gasteiger partial charge in [0, 0.05) is 12.2 Å². The Labute approximate surface area is 117 Å². The predicted octanol–water partition coefficient (Wildman–Crippen LogP) is 1.67. The van der Waals surface area contributed by atoms with Crippen LogP contribution >= 0.6 is 0 Å². The van der Waals surface area contributed by atoms with Crippen molar-refractivity contribution >= 4 is 17.7 Å². The van der Waals surface area contributed by atoms with Crippen LogP contribution in [0.4, 0.5) is 10.5 Å². The molecule has 0 spiro atoms. The zero-order valence-corrected chi connectivity index (χ0v) is 11.7. The van der Waals surface area contributed by atoms with Gasteiger partial charge >= 0.3 is 12.0 Å². The topological polar surface area (TPSA) is 96.3 Å². The smallest absolute Gasteiger partial charge is 0.325 e. The summed E-state index contributed by atoms with van der Waals surface area (Å²) < 4.78 is 1.26. The molecule has 0 aromatic carbocycles. The largest absolute Gasteiger partial charge is 0.480 e. The second-order valence-electron chi connectivity index (χ2n) is 5.85. The summed E-state index contributed by atoms with van der Waals surface area (Å²) in [6, 6.07) is -0.114. The van der Waals surface area contributed by atoms with E-state index in [4.69, 9.17) is 5.11 Å². The third-order valence-corrected chi connectivity index (χ3v) is 3.75. The maximum atomic E-state index is 11.9. The number of carbonyl (C=O) groups excluding carboxylic acids is 1. The molecule has 1 aromatic heterocycles. The van der Waals surface area contributed by atoms with Crippen LogP contribution in [0.15, 0.2) is 12.4 Å². The number of carbonyl (C=O) groups is 2. The van der Waals surface area contributed by atoms with Crippen molar-refractivity contribution in [3.05, 3.63) is 12.4 Å². The summed E-state index contributed by atoms with van der Waals surface area (Å²) >= 11 is 0. The molecule has 0 saturated heterocycles. The minimum atomic E-state index is -0.975. The highest BCUT2D eigenvalue weighted by Gasteiger charge is 2.35. The average molecular weight is 280 g/mol. The SMILES string of the molecule is CC1(C)CCCC1NC(=O)Nc1cnn(CC(=O)O)c1. The number of hydrogen-bond acceptors (Lipinski definition) is 3. The first kappa shape index (κ1) is 14.4. The normalized spacial score (nSPS) is 20.6. The van der Waals surface area contributed by atoms with Crippen LogP contribution in [0.25, 0.3) is 0 Å². The summed E-state index contributed by atoms with van der Waals surface area (Å²) in [5.74, 6) is -0.975. The molecule has 2 rings (SSSR count). The number of urea groups is 1. The molecule has 0 radical (unpaired) electrons. The molecule has 20 heavy (non-hydrogen) atoms. The number of anilines is 1. The number of nitrogens with zero attached hydrogens (tertiary/aromatic N) is 2. The van der Waals surface area contributed by atoms with Gasteiger partial charge in [0.15, 0.2) is 0 Å². The van der Waals surface area contributed by atoms with E-state index in [-0.39, 0.29) is 24.0 Å². The predicted molar refractivity (Wildman–Crippen MR) is 73.4 cm³/mol. The van der Waals surface area contributed by atoms with Gasteiger partial charge in [-0.3, -0.25) is 9.48 Å². The first-order valence-electron chi connectivity index (χ1n) is 6.68. The fraction of sp³-hybridized carbons (Fsp3) is 0.615. The van der Waals surface area contributed by atoms with E-state index in [1.165, 1.54) is 17.1 Å². The summed E-state index contributed by atoms with van der Waals surface area (Å²) in [7, 11) is 0. The number of aliphatic carboxylic acids is 1. The molecule has 1 aromatic rings. The Morgan fingerprint density at radius 2 is 2.30 bits per heavy atom. The molecule has 1 atom stereocenters. The van der Waals surface area contributed by atoms with Gasteiger partial charge in [0.05, 0.1) is 11.9 Å². The van der Waals surface area contributed by atoms with Crippen LogP contribution in [0.3, 0.4) is 0 Å². The minimum Gasteiger partial charge on any atom is -0.480 e. The fourth-order valence-electron chi connectivity index (χ4n) is 2.57. The molecule has 1 fully saturated rings. The van der Waals surface area contributed by atoms with Gasteiger partial charge in [-0.1, -0.05) is 20.3 Å². The second-order valence-corrected chi connectivity index (χ2v) is 5.85. The van der Waals surface area contributed by atoms with Gasteiger partial charge < -0.3 is 15.7 Å². The zero-order valence-electron chi connectivity index (χ0n) is 11.7. The lowest BCUT2D eigenvalue weighted by Gasteiger charge is -2.27. The number of rotatable bonds is 4. The molecule has 110 valence electrons. The highest BCUT2D eigenvalue weighted by atomic mass is 16.4. The Morgan fingerprint density at radius 1 is 1.55 bits per heavy atom. The Kier molecular flexibility index (Phi) is 3.96. The van der Waals surface area contributed by atoms with E-state index >= 15 is 0 Å². The molecular weight excluding hydrogens is 260 g/mol. The lowest BCUT2D eigenvalue weighted by molar-refractivity contribution is -0.137. The van der Waals surface area contributed by atoms with Crippen molar-refractivity contribution in [1.29, 1.82) is 0 Å². The van der Waals surface area contributed by atoms with Crippen molar-refractivity contribution in [2.75, 3.05) is 5.32 Å². The molecule has 1 aliphatic carbocycles. The first-order chi connectivity index (χ1) is 9.37. The van der Waals surface area contributed by atoms with Gasteiger partial charge in [0.2, 0.25) is 0 Å². The molecule has 7 nitrogen and oxygen atoms in total. The second kappa shape index (κ2) is 5.52. The number of amides is 2. The maximum absolute atomic E-state index is 11.9. The van der Waals surface area contributed by atoms with Crippen LogP contribution < -0.4 is 10.6 Å². The molecule has 0 bridgehead atoms. The van der Waals surface area contributed by atoms with E-state index in [0.717, 1.165) is 19.3 Å². The highest BCUT2D eigenvalue weighted by Crippen LogP contribution is 2.37. The van der Waals surface area contributed by atoms with E-state index in [1.54, 1.807) is 0 Å². The molecule has 3 N–H and O–H groups in total. The van der Waals surface area contributed by atoms with Crippen molar-refractivity contribution in [2.45, 2.75) is 45.7 Å². The van der Waals surface area contributed by atoms with E-state index in [9.17, 15) is 9.59 Å². The lowest BCUT2D eigenvalue weighted by Crippen LogP contribution is -2.43. The lowest BCUT2D eigenvalue weighted by atomic mass is 9.87. The van der Waals surface area contributed by atoms with Gasteiger partial charge in [-0.15, -0.1) is 0 Å². The first-order valence-corrected chi connectivity index (χ1v) is 6.68. The van der Waals surface area contributed by atoms with E-state index in [0.29, 0.717) is 5.69 Å². The molecular formula is C13H20N4O3. The van der Waals surface area contributed by atoms with Crippen LogP contribution in [0.5, 0.6) is 0 Å². The van der Waals surface area contributed by atoms with Gasteiger partial charge in [-0.2, -0.15) is 5.10 Å². The Balaban J connectivity index is 1.88. The van der Waals surface area contributed by atoms with Crippen LogP contribution in [0, 0.1) is 5.41 Å². The summed E-state index contributed by atoms with van der Waals surface area (Å²) in [5, 5.41) is 18.1. The van der Waals surface area contributed by atoms with Crippen LogP contribution in [-0.2, 0) is 11.3 Å². The Morgan fingerprint density at radius 3 is 2.90 bits per heavy atom. The number of aromatic nitrogens is 2. The van der Waals surface area contributed by atoms with Crippen LogP contribution in [0.1, 0.15) is 33.1 Å². The molecule has 1 aliphatic rings. The third kappa shape index (κ3) is 3.49. The number of nitrogens with one attached hydrogen (secondary N) is 2. The number of hydrogen-bond donors (Lipinski definition) is 3. The molecule has 0 aliphatic heterocycles. The van der Waals surface area contributed by atoms with Gasteiger partial charge in [-0.05, 0) is 18.3 Å². The number of carboxylic acid groups (broad SMARTS) is 1. The van der Waals surface area contributed by atoms with E-state index in [2.05, 4.69) is 29.6 Å². The van der Waals surface area contributed by atoms with Crippen LogP contribution in [-0.4, -0.2) is 32.9 Å². The Bertz CT molecular complexity index is 509. The van der Waals surface area contributed by atoms with Crippen molar-refractivity contribution < 1.29 is 14.7 Å². The van der Waals surface area contributed by atoms with Crippen molar-refractivity contribution in [2.24, 2.45) is 5.41 Å². The van der Waals surface area contributed by atoms with Gasteiger partial charge in [-0.25, -0.2) is 4.79 Å². The minimum absolute atomic E-state index is 0.116. The quantitative estimate of drug-likeness (QED) is 0.781. The number of carboxylic acids is 1. The average Bonchev–Trinajstić information content (AvgIpc) is 2.86. The zero-order chi connectivity index (χ0) is 14.8. The van der Waals surface area contributed by atoms with Crippen molar-refractivity contribution in [1.82, 2.24) is 15.1 Å². The standard InChI is InChI=1S/C13H20N4O3/c1-13(2)5-3-4-10(13)16-12(20)15-9-6-14-17(7-9)8-11(18)19/h6-7,10H,3-5,8H2,1-2H3,(H,18,19)(H2,15,16,20). The Hall–Kier alpha value is -2.05. The summed E-state index contributed by atoms with van der Waals surface area (Å²) in [4.78, 5) is 22.5. The molecule has 1 saturated carbocycles. The van der Waals surface area contributed by atoms with Crippen molar-refractivity contribution in [3.63, 3.8) is 0 Å². The van der Waals surface area contributed by atoms with Gasteiger partial charge in [0.1, 0.15) is 6.54 Å². The summed E-state index contributed by atoms with van der Waals surface area (Å²) in [6.07, 6.45) is 6.14. The highest BCUT2D eigenvalue weighted by molar-refractivity contribution is 5.89. The summed E-state index contributed by atoms with van der Waals surface area (Å²) in [5.41, 5.74) is 0.602. The monoisotopic (exact) mass is 280 g/mol. The van der Waals surface area contributed by atoms with E-state index in [1.807, 2.05) is 0 Å². The van der Waals surface area contributed by atoms with E-state index < -0.39 is 5.97 Å². The third-order valence-electron chi connectivity index (χ3n) is 3.75. The molecule has 2 amide bonds. The maximum Gasteiger partial charge on any atom is 0.325 e. The molecule has 1 heterocycles.